The molecule has 0 radical (unpaired) electrons. The monoisotopic (exact) mass is 319 g/mol. The Labute approximate surface area is 139 Å². The van der Waals surface area contributed by atoms with Crippen LogP contribution in [0, 0.1) is 5.41 Å². The van der Waals surface area contributed by atoms with Crippen LogP contribution in [-0.4, -0.2) is 37.5 Å². The van der Waals surface area contributed by atoms with Crippen molar-refractivity contribution in [1.82, 2.24) is 5.32 Å². The standard InChI is InChI=1S/C19H29NO3/c1-13(21)19(2)12-20-11-16(19)14-8-9-17(22-3)18(10-14)23-15-6-4-5-7-15/h8-10,13,15-16,20-21H,4-7,11-12H2,1-3H3/t13-,16-,19+/m1/s1. The zero-order valence-corrected chi connectivity index (χ0v) is 14.5. The molecule has 0 bridgehead atoms. The van der Waals surface area contributed by atoms with Crippen LogP contribution < -0.4 is 14.8 Å². The third-order valence-electron chi connectivity index (χ3n) is 5.79. The fourth-order valence-corrected chi connectivity index (χ4v) is 3.97. The highest BCUT2D eigenvalue weighted by atomic mass is 16.5. The first-order valence-electron chi connectivity index (χ1n) is 8.78. The molecule has 0 spiro atoms. The number of ether oxygens (including phenoxy) is 2. The van der Waals surface area contributed by atoms with Gasteiger partial charge in [0.15, 0.2) is 11.5 Å². The number of methoxy groups -OCH3 is 1. The van der Waals surface area contributed by atoms with Crippen molar-refractivity contribution in [3.05, 3.63) is 23.8 Å². The summed E-state index contributed by atoms with van der Waals surface area (Å²) in [4.78, 5) is 0. The molecule has 128 valence electrons. The van der Waals surface area contributed by atoms with Crippen molar-refractivity contribution in [2.75, 3.05) is 20.2 Å². The van der Waals surface area contributed by atoms with E-state index in [9.17, 15) is 5.11 Å². The van der Waals surface area contributed by atoms with Crippen molar-refractivity contribution in [1.29, 1.82) is 0 Å². The lowest BCUT2D eigenvalue weighted by molar-refractivity contribution is 0.0548. The van der Waals surface area contributed by atoms with E-state index < -0.39 is 0 Å². The molecule has 0 unspecified atom stereocenters. The second-order valence-corrected chi connectivity index (χ2v) is 7.30. The number of benzene rings is 1. The first-order valence-corrected chi connectivity index (χ1v) is 8.78. The van der Waals surface area contributed by atoms with Crippen LogP contribution in [0.15, 0.2) is 18.2 Å². The summed E-state index contributed by atoms with van der Waals surface area (Å²) < 4.78 is 11.7. The van der Waals surface area contributed by atoms with E-state index in [0.29, 0.717) is 6.10 Å². The molecule has 3 rings (SSSR count). The van der Waals surface area contributed by atoms with E-state index >= 15 is 0 Å². The Morgan fingerprint density at radius 3 is 2.65 bits per heavy atom. The molecular weight excluding hydrogens is 290 g/mol. The van der Waals surface area contributed by atoms with Crippen LogP contribution in [-0.2, 0) is 0 Å². The molecule has 2 N–H and O–H groups in total. The van der Waals surface area contributed by atoms with E-state index in [1.165, 1.54) is 18.4 Å². The predicted molar refractivity (Wildman–Crippen MR) is 91.3 cm³/mol. The zero-order valence-electron chi connectivity index (χ0n) is 14.5. The van der Waals surface area contributed by atoms with Gasteiger partial charge in [-0.15, -0.1) is 0 Å². The van der Waals surface area contributed by atoms with Gasteiger partial charge in [0.05, 0.1) is 19.3 Å². The van der Waals surface area contributed by atoms with Gasteiger partial charge in [0.25, 0.3) is 0 Å². The molecule has 3 atom stereocenters. The van der Waals surface area contributed by atoms with Crippen molar-refractivity contribution < 1.29 is 14.6 Å². The number of hydrogen-bond acceptors (Lipinski definition) is 4. The highest BCUT2D eigenvalue weighted by Gasteiger charge is 2.43. The smallest absolute Gasteiger partial charge is 0.161 e. The van der Waals surface area contributed by atoms with E-state index in [4.69, 9.17) is 9.47 Å². The van der Waals surface area contributed by atoms with E-state index in [1.54, 1.807) is 7.11 Å². The number of rotatable bonds is 5. The number of hydrogen-bond donors (Lipinski definition) is 2. The van der Waals surface area contributed by atoms with Crippen molar-refractivity contribution in [2.45, 2.75) is 57.7 Å². The van der Waals surface area contributed by atoms with Gasteiger partial charge in [0.2, 0.25) is 0 Å². The molecule has 1 heterocycles. The minimum absolute atomic E-state index is 0.154. The first-order chi connectivity index (χ1) is 11.0. The highest BCUT2D eigenvalue weighted by Crippen LogP contribution is 2.44. The molecular formula is C19H29NO3. The van der Waals surface area contributed by atoms with Gasteiger partial charge in [-0.05, 0) is 50.3 Å². The Morgan fingerprint density at radius 2 is 2.00 bits per heavy atom. The Bertz CT molecular complexity index is 539. The molecule has 1 aromatic carbocycles. The Kier molecular flexibility index (Phi) is 4.83. The molecule has 1 aliphatic carbocycles. The number of aliphatic hydroxyl groups is 1. The van der Waals surface area contributed by atoms with Gasteiger partial charge < -0.3 is 19.9 Å². The summed E-state index contributed by atoms with van der Waals surface area (Å²) in [6, 6.07) is 6.23. The van der Waals surface area contributed by atoms with Gasteiger partial charge in [-0.1, -0.05) is 13.0 Å². The molecule has 1 saturated heterocycles. The lowest BCUT2D eigenvalue weighted by atomic mass is 9.72. The summed E-state index contributed by atoms with van der Waals surface area (Å²) in [6.45, 7) is 5.76. The van der Waals surface area contributed by atoms with Crippen molar-refractivity contribution in [3.8, 4) is 11.5 Å². The maximum atomic E-state index is 10.2. The van der Waals surface area contributed by atoms with Gasteiger partial charge in [-0.2, -0.15) is 0 Å². The van der Waals surface area contributed by atoms with Gasteiger partial charge in [-0.3, -0.25) is 0 Å². The maximum Gasteiger partial charge on any atom is 0.161 e. The summed E-state index contributed by atoms with van der Waals surface area (Å²) in [7, 11) is 1.69. The highest BCUT2D eigenvalue weighted by molar-refractivity contribution is 5.45. The maximum absolute atomic E-state index is 10.2. The molecule has 1 aromatic rings. The summed E-state index contributed by atoms with van der Waals surface area (Å²) in [5, 5.41) is 13.7. The predicted octanol–water partition coefficient (Wildman–Crippen LogP) is 3.09. The van der Waals surface area contributed by atoms with Crippen LogP contribution in [0.4, 0.5) is 0 Å². The fourth-order valence-electron chi connectivity index (χ4n) is 3.97. The average molecular weight is 319 g/mol. The minimum Gasteiger partial charge on any atom is -0.493 e. The van der Waals surface area contributed by atoms with Crippen LogP contribution in [0.3, 0.4) is 0 Å². The van der Waals surface area contributed by atoms with E-state index in [0.717, 1.165) is 37.4 Å². The molecule has 2 fully saturated rings. The second kappa shape index (κ2) is 6.70. The van der Waals surface area contributed by atoms with Crippen molar-refractivity contribution >= 4 is 0 Å². The number of nitrogens with one attached hydrogen (secondary N) is 1. The lowest BCUT2D eigenvalue weighted by Gasteiger charge is -2.34. The zero-order chi connectivity index (χ0) is 16.4. The summed E-state index contributed by atoms with van der Waals surface area (Å²) >= 11 is 0. The number of aliphatic hydroxyl groups excluding tert-OH is 1. The van der Waals surface area contributed by atoms with Crippen LogP contribution in [0.2, 0.25) is 0 Å². The molecule has 1 saturated carbocycles. The van der Waals surface area contributed by atoms with Gasteiger partial charge >= 0.3 is 0 Å². The molecule has 4 heteroatoms. The van der Waals surface area contributed by atoms with E-state index in [1.807, 2.05) is 13.0 Å². The molecule has 0 aromatic heterocycles. The third-order valence-corrected chi connectivity index (χ3v) is 5.79. The molecule has 23 heavy (non-hydrogen) atoms. The molecule has 2 aliphatic rings. The van der Waals surface area contributed by atoms with E-state index in [-0.39, 0.29) is 17.4 Å². The lowest BCUT2D eigenvalue weighted by Crippen LogP contribution is -2.36. The topological polar surface area (TPSA) is 50.7 Å². The third kappa shape index (κ3) is 3.20. The molecule has 0 amide bonds. The van der Waals surface area contributed by atoms with Gasteiger partial charge in [0, 0.05) is 24.4 Å². The molecule has 1 aliphatic heterocycles. The average Bonchev–Trinajstić information content (AvgIpc) is 3.17. The normalized spacial score (nSPS) is 29.7. The minimum atomic E-state index is -0.358. The SMILES string of the molecule is COc1ccc([C@H]2CNC[C@@]2(C)[C@@H](C)O)cc1OC1CCCC1. The van der Waals surface area contributed by atoms with Gasteiger partial charge in [-0.25, -0.2) is 0 Å². The Hall–Kier alpha value is -1.26. The van der Waals surface area contributed by atoms with Gasteiger partial charge in [0.1, 0.15) is 0 Å². The second-order valence-electron chi connectivity index (χ2n) is 7.30. The largest absolute Gasteiger partial charge is 0.493 e. The Balaban J connectivity index is 1.87. The molecule has 4 nitrogen and oxygen atoms in total. The summed E-state index contributed by atoms with van der Waals surface area (Å²) in [6.07, 6.45) is 4.71. The summed E-state index contributed by atoms with van der Waals surface area (Å²) in [5.41, 5.74) is 1.06. The van der Waals surface area contributed by atoms with Crippen LogP contribution in [0.5, 0.6) is 11.5 Å². The van der Waals surface area contributed by atoms with Crippen molar-refractivity contribution in [3.63, 3.8) is 0 Å². The van der Waals surface area contributed by atoms with Crippen LogP contribution in [0.1, 0.15) is 51.0 Å². The first kappa shape index (κ1) is 16.6. The van der Waals surface area contributed by atoms with Crippen LogP contribution in [0.25, 0.3) is 0 Å². The Morgan fingerprint density at radius 1 is 1.26 bits per heavy atom. The summed E-state index contributed by atoms with van der Waals surface area (Å²) in [5.74, 6) is 1.92. The van der Waals surface area contributed by atoms with E-state index in [2.05, 4.69) is 24.4 Å². The van der Waals surface area contributed by atoms with Crippen LogP contribution >= 0.6 is 0 Å². The van der Waals surface area contributed by atoms with Crippen molar-refractivity contribution in [2.24, 2.45) is 5.41 Å². The fraction of sp³-hybridized carbons (Fsp3) is 0.684. The quantitative estimate of drug-likeness (QED) is 0.876.